The van der Waals surface area contributed by atoms with E-state index >= 15 is 0 Å². The molecule has 5 rings (SSSR count). The lowest BCUT2D eigenvalue weighted by atomic mass is 9.92. The summed E-state index contributed by atoms with van der Waals surface area (Å²) < 4.78 is 5.78. The minimum Gasteiger partial charge on any atom is -0.507 e. The Morgan fingerprint density at radius 3 is 2.44 bits per heavy atom. The summed E-state index contributed by atoms with van der Waals surface area (Å²) in [6, 6.07) is 20.7. The number of amides is 1. The fraction of sp³-hybridized carbons (Fsp3) is 0.310. The van der Waals surface area contributed by atoms with Crippen LogP contribution in [-0.4, -0.2) is 41.0 Å². The van der Waals surface area contributed by atoms with Crippen LogP contribution in [0.25, 0.3) is 16.5 Å². The van der Waals surface area contributed by atoms with Crippen molar-refractivity contribution >= 4 is 28.2 Å². The van der Waals surface area contributed by atoms with Crippen LogP contribution in [0.4, 0.5) is 0 Å². The number of carbonyl (C=O) groups is 2. The molecule has 0 aromatic heterocycles. The van der Waals surface area contributed by atoms with Crippen LogP contribution in [0.3, 0.4) is 0 Å². The van der Waals surface area contributed by atoms with Crippen LogP contribution in [-0.2, 0) is 14.3 Å². The zero-order valence-electron chi connectivity index (χ0n) is 19.5. The standard InChI is InChI=1S/C29H29NO4/c1-18(2)19-9-12-21(13-10-19)26-25(28(32)29(33)30(26)17-24-8-5-15-34-24)27(31)23-14-11-20-6-3-4-7-22(20)16-23/h3-4,6-7,9-14,16,18,24,26,31H,5,8,15,17H2,1-2H3/b27-25-. The van der Waals surface area contributed by atoms with Crippen LogP contribution in [0, 0.1) is 0 Å². The molecule has 2 saturated heterocycles. The predicted octanol–water partition coefficient (Wildman–Crippen LogP) is 5.56. The predicted molar refractivity (Wildman–Crippen MR) is 132 cm³/mol. The molecule has 0 saturated carbocycles. The van der Waals surface area contributed by atoms with E-state index in [0.717, 1.165) is 29.2 Å². The van der Waals surface area contributed by atoms with Crippen molar-refractivity contribution < 1.29 is 19.4 Å². The highest BCUT2D eigenvalue weighted by atomic mass is 16.5. The second-order valence-electron chi connectivity index (χ2n) is 9.47. The minimum absolute atomic E-state index is 0.101. The molecule has 2 heterocycles. The van der Waals surface area contributed by atoms with E-state index < -0.39 is 17.7 Å². The van der Waals surface area contributed by atoms with Gasteiger partial charge in [0, 0.05) is 18.7 Å². The lowest BCUT2D eigenvalue weighted by Gasteiger charge is -2.27. The summed E-state index contributed by atoms with van der Waals surface area (Å²) in [4.78, 5) is 28.0. The Morgan fingerprint density at radius 1 is 1.03 bits per heavy atom. The number of likely N-dealkylation sites (tertiary alicyclic amines) is 1. The molecule has 2 unspecified atom stereocenters. The smallest absolute Gasteiger partial charge is 0.295 e. The number of rotatable bonds is 5. The third-order valence-corrected chi connectivity index (χ3v) is 6.91. The summed E-state index contributed by atoms with van der Waals surface area (Å²) in [5, 5.41) is 13.4. The number of aliphatic hydroxyl groups is 1. The Hall–Kier alpha value is -3.44. The molecule has 5 heteroatoms. The maximum atomic E-state index is 13.3. The summed E-state index contributed by atoms with van der Waals surface area (Å²) in [6.45, 7) is 5.24. The molecular weight excluding hydrogens is 426 g/mol. The van der Waals surface area contributed by atoms with E-state index in [1.807, 2.05) is 60.7 Å². The fourth-order valence-electron chi connectivity index (χ4n) is 4.98. The van der Waals surface area contributed by atoms with Crippen molar-refractivity contribution in [3.63, 3.8) is 0 Å². The molecule has 2 fully saturated rings. The van der Waals surface area contributed by atoms with Crippen molar-refractivity contribution in [2.75, 3.05) is 13.2 Å². The number of fused-ring (bicyclic) bond motifs is 1. The molecule has 0 spiro atoms. The molecule has 0 aliphatic carbocycles. The SMILES string of the molecule is CC(C)c1ccc(C2/C(=C(/O)c3ccc4ccccc4c3)C(=O)C(=O)N2CC2CCCO2)cc1. The van der Waals surface area contributed by atoms with Crippen molar-refractivity contribution in [3.8, 4) is 0 Å². The van der Waals surface area contributed by atoms with Gasteiger partial charge in [-0.05, 0) is 46.7 Å². The Labute approximate surface area is 199 Å². The van der Waals surface area contributed by atoms with Gasteiger partial charge in [0.05, 0.1) is 17.7 Å². The number of hydrogen-bond acceptors (Lipinski definition) is 4. The van der Waals surface area contributed by atoms with Crippen LogP contribution in [0.5, 0.6) is 0 Å². The number of Topliss-reactive ketones (excluding diaryl/α,β-unsaturated/α-hetero) is 1. The number of nitrogens with zero attached hydrogens (tertiary/aromatic N) is 1. The van der Waals surface area contributed by atoms with E-state index in [9.17, 15) is 14.7 Å². The van der Waals surface area contributed by atoms with Crippen LogP contribution < -0.4 is 0 Å². The van der Waals surface area contributed by atoms with Crippen molar-refractivity contribution in [1.82, 2.24) is 4.90 Å². The molecule has 174 valence electrons. The highest BCUT2D eigenvalue weighted by Gasteiger charge is 2.47. The number of hydrogen-bond donors (Lipinski definition) is 1. The second-order valence-corrected chi connectivity index (χ2v) is 9.47. The normalized spacial score (nSPS) is 22.3. The van der Waals surface area contributed by atoms with E-state index in [2.05, 4.69) is 13.8 Å². The first kappa shape index (κ1) is 22.4. The zero-order valence-corrected chi connectivity index (χ0v) is 19.5. The molecule has 3 aromatic carbocycles. The summed E-state index contributed by atoms with van der Waals surface area (Å²) in [7, 11) is 0. The first-order valence-electron chi connectivity index (χ1n) is 11.9. The van der Waals surface area contributed by atoms with Gasteiger partial charge in [-0.2, -0.15) is 0 Å². The van der Waals surface area contributed by atoms with Gasteiger partial charge in [-0.25, -0.2) is 0 Å². The lowest BCUT2D eigenvalue weighted by Crippen LogP contribution is -2.36. The quantitative estimate of drug-likeness (QED) is 0.311. The number of ether oxygens (including phenoxy) is 1. The fourth-order valence-corrected chi connectivity index (χ4v) is 4.98. The topological polar surface area (TPSA) is 66.8 Å². The first-order valence-corrected chi connectivity index (χ1v) is 11.9. The van der Waals surface area contributed by atoms with Crippen LogP contribution in [0.15, 0.2) is 72.3 Å². The minimum atomic E-state index is -0.656. The zero-order chi connectivity index (χ0) is 23.8. The Bertz CT molecular complexity index is 1270. The third-order valence-electron chi connectivity index (χ3n) is 6.91. The first-order chi connectivity index (χ1) is 16.4. The lowest BCUT2D eigenvalue weighted by molar-refractivity contribution is -0.140. The molecule has 5 nitrogen and oxygen atoms in total. The maximum absolute atomic E-state index is 13.3. The van der Waals surface area contributed by atoms with E-state index in [-0.39, 0.29) is 17.4 Å². The van der Waals surface area contributed by atoms with E-state index in [0.29, 0.717) is 24.6 Å². The third kappa shape index (κ3) is 4.01. The molecule has 0 radical (unpaired) electrons. The Morgan fingerprint density at radius 2 is 1.76 bits per heavy atom. The number of benzene rings is 3. The van der Waals surface area contributed by atoms with Gasteiger partial charge in [0.2, 0.25) is 0 Å². The molecule has 3 aromatic rings. The summed E-state index contributed by atoms with van der Waals surface area (Å²) in [5.74, 6) is -1.01. The van der Waals surface area contributed by atoms with Crippen molar-refractivity contribution in [1.29, 1.82) is 0 Å². The van der Waals surface area contributed by atoms with Gasteiger partial charge >= 0.3 is 0 Å². The summed E-state index contributed by atoms with van der Waals surface area (Å²) in [5.41, 5.74) is 2.64. The Kier molecular flexibility index (Phi) is 5.96. The number of aliphatic hydroxyl groups excluding tert-OH is 1. The molecule has 2 aliphatic rings. The van der Waals surface area contributed by atoms with Gasteiger partial charge in [0.15, 0.2) is 0 Å². The van der Waals surface area contributed by atoms with Gasteiger partial charge in [-0.15, -0.1) is 0 Å². The second kappa shape index (κ2) is 9.07. The maximum Gasteiger partial charge on any atom is 0.295 e. The van der Waals surface area contributed by atoms with Gasteiger partial charge in [0.1, 0.15) is 5.76 Å². The average Bonchev–Trinajstić information content (AvgIpc) is 3.46. The van der Waals surface area contributed by atoms with Gasteiger partial charge in [0.25, 0.3) is 11.7 Å². The number of ketones is 1. The van der Waals surface area contributed by atoms with Gasteiger partial charge < -0.3 is 14.7 Å². The molecule has 34 heavy (non-hydrogen) atoms. The van der Waals surface area contributed by atoms with Gasteiger partial charge in [-0.1, -0.05) is 74.5 Å². The highest BCUT2D eigenvalue weighted by molar-refractivity contribution is 6.46. The molecule has 1 N–H and O–H groups in total. The molecule has 2 aliphatic heterocycles. The van der Waals surface area contributed by atoms with E-state index in [1.54, 1.807) is 11.0 Å². The van der Waals surface area contributed by atoms with Crippen molar-refractivity contribution in [2.45, 2.75) is 44.8 Å². The van der Waals surface area contributed by atoms with Crippen molar-refractivity contribution in [2.24, 2.45) is 0 Å². The molecular formula is C29H29NO4. The largest absolute Gasteiger partial charge is 0.507 e. The molecule has 1 amide bonds. The Balaban J connectivity index is 1.62. The van der Waals surface area contributed by atoms with Crippen LogP contribution >= 0.6 is 0 Å². The number of carbonyl (C=O) groups excluding carboxylic acids is 2. The van der Waals surface area contributed by atoms with Crippen LogP contribution in [0.2, 0.25) is 0 Å². The highest BCUT2D eigenvalue weighted by Crippen LogP contribution is 2.40. The average molecular weight is 456 g/mol. The summed E-state index contributed by atoms with van der Waals surface area (Å²) in [6.07, 6.45) is 1.70. The summed E-state index contributed by atoms with van der Waals surface area (Å²) >= 11 is 0. The van der Waals surface area contributed by atoms with Crippen LogP contribution in [0.1, 0.15) is 55.3 Å². The molecule has 2 atom stereocenters. The van der Waals surface area contributed by atoms with E-state index in [4.69, 9.17) is 4.74 Å². The van der Waals surface area contributed by atoms with Gasteiger partial charge in [-0.3, -0.25) is 9.59 Å². The monoisotopic (exact) mass is 455 g/mol. The van der Waals surface area contributed by atoms with Crippen molar-refractivity contribution in [3.05, 3.63) is 89.0 Å². The van der Waals surface area contributed by atoms with E-state index in [1.165, 1.54) is 5.56 Å². The molecule has 0 bridgehead atoms.